The van der Waals surface area contributed by atoms with Crippen molar-refractivity contribution in [2.75, 3.05) is 7.11 Å². The molecule has 0 saturated heterocycles. The van der Waals surface area contributed by atoms with Gasteiger partial charge in [-0.1, -0.05) is 53.3 Å². The van der Waals surface area contributed by atoms with Crippen LogP contribution in [0.2, 0.25) is 0 Å². The summed E-state index contributed by atoms with van der Waals surface area (Å²) >= 11 is 1.34. The Balaban J connectivity index is 1.76. The van der Waals surface area contributed by atoms with Gasteiger partial charge in [0.2, 0.25) is 4.96 Å². The van der Waals surface area contributed by atoms with Crippen molar-refractivity contribution in [3.8, 4) is 17.1 Å². The third-order valence-corrected chi connectivity index (χ3v) is 4.86. The Morgan fingerprint density at radius 1 is 1.08 bits per heavy atom. The summed E-state index contributed by atoms with van der Waals surface area (Å²) in [7, 11) is 1.63. The largest absolute Gasteiger partial charge is 0.497 e. The highest BCUT2D eigenvalue weighted by Crippen LogP contribution is 2.17. The van der Waals surface area contributed by atoms with E-state index in [1.165, 1.54) is 21.4 Å². The van der Waals surface area contributed by atoms with Gasteiger partial charge < -0.3 is 4.74 Å². The van der Waals surface area contributed by atoms with E-state index in [4.69, 9.17) is 4.74 Å². The molecule has 2 aromatic heterocycles. The molecule has 0 unspecified atom stereocenters. The highest BCUT2D eigenvalue weighted by atomic mass is 32.1. The Labute approximate surface area is 147 Å². The minimum absolute atomic E-state index is 0.151. The number of aryl methyl sites for hydroxylation is 1. The summed E-state index contributed by atoms with van der Waals surface area (Å²) in [6.07, 6.45) is 1.84. The summed E-state index contributed by atoms with van der Waals surface area (Å²) in [6.45, 7) is 2.03. The minimum Gasteiger partial charge on any atom is -0.497 e. The molecule has 4 rings (SSSR count). The fourth-order valence-corrected chi connectivity index (χ4v) is 3.42. The maximum atomic E-state index is 12.6. The quantitative estimate of drug-likeness (QED) is 0.571. The lowest BCUT2D eigenvalue weighted by Crippen LogP contribution is -2.23. The normalized spacial score (nSPS) is 12.0. The molecule has 2 heterocycles. The third kappa shape index (κ3) is 2.92. The van der Waals surface area contributed by atoms with Crippen LogP contribution in [0, 0.1) is 6.92 Å². The number of rotatable bonds is 3. The van der Waals surface area contributed by atoms with Crippen molar-refractivity contribution in [2.45, 2.75) is 6.92 Å². The number of fused-ring (bicyclic) bond motifs is 1. The molecule has 0 radical (unpaired) electrons. The van der Waals surface area contributed by atoms with E-state index in [9.17, 15) is 4.79 Å². The van der Waals surface area contributed by atoms with E-state index < -0.39 is 0 Å². The van der Waals surface area contributed by atoms with Gasteiger partial charge in [0.05, 0.1) is 11.6 Å². The molecule has 0 fully saturated rings. The van der Waals surface area contributed by atoms with Crippen LogP contribution in [0.15, 0.2) is 53.3 Å². The smallest absolute Gasteiger partial charge is 0.291 e. The van der Waals surface area contributed by atoms with Gasteiger partial charge in [0.25, 0.3) is 5.56 Å². The lowest BCUT2D eigenvalue weighted by Gasteiger charge is -1.98. The SMILES string of the molecule is COc1ccc(C=c2sc3nc(-c4ccc(C)cc4)nn3c2=O)cc1. The zero-order valence-electron chi connectivity index (χ0n) is 13.8. The van der Waals surface area contributed by atoms with Gasteiger partial charge in [-0.3, -0.25) is 4.79 Å². The van der Waals surface area contributed by atoms with Crippen molar-refractivity contribution in [2.24, 2.45) is 0 Å². The maximum Gasteiger partial charge on any atom is 0.291 e. The molecular weight excluding hydrogens is 334 g/mol. The highest BCUT2D eigenvalue weighted by Gasteiger charge is 2.11. The van der Waals surface area contributed by atoms with Gasteiger partial charge in [-0.05, 0) is 30.7 Å². The second-order valence-corrected chi connectivity index (χ2v) is 6.69. The van der Waals surface area contributed by atoms with E-state index in [0.29, 0.717) is 15.3 Å². The molecule has 0 aliphatic carbocycles. The average molecular weight is 349 g/mol. The molecule has 124 valence electrons. The van der Waals surface area contributed by atoms with E-state index in [1.807, 2.05) is 61.5 Å². The summed E-state index contributed by atoms with van der Waals surface area (Å²) in [5.74, 6) is 1.35. The highest BCUT2D eigenvalue weighted by molar-refractivity contribution is 7.15. The monoisotopic (exact) mass is 349 g/mol. The Hall–Kier alpha value is -2.99. The van der Waals surface area contributed by atoms with Gasteiger partial charge >= 0.3 is 0 Å². The van der Waals surface area contributed by atoms with Gasteiger partial charge in [-0.15, -0.1) is 5.10 Å². The molecule has 25 heavy (non-hydrogen) atoms. The average Bonchev–Trinajstić information content (AvgIpc) is 3.16. The molecule has 0 saturated carbocycles. The summed E-state index contributed by atoms with van der Waals surface area (Å²) in [5.41, 5.74) is 2.86. The molecule has 4 aromatic rings. The number of aromatic nitrogens is 3. The first-order valence-electron chi connectivity index (χ1n) is 7.76. The zero-order chi connectivity index (χ0) is 17.4. The minimum atomic E-state index is -0.151. The Morgan fingerprint density at radius 2 is 1.80 bits per heavy atom. The fourth-order valence-electron chi connectivity index (χ4n) is 2.51. The lowest BCUT2D eigenvalue weighted by molar-refractivity contribution is 0.415. The van der Waals surface area contributed by atoms with Gasteiger partial charge in [-0.25, -0.2) is 0 Å². The van der Waals surface area contributed by atoms with Crippen molar-refractivity contribution in [3.63, 3.8) is 0 Å². The molecule has 6 heteroatoms. The van der Waals surface area contributed by atoms with Gasteiger partial charge in [0.15, 0.2) is 5.82 Å². The number of benzene rings is 2. The van der Waals surface area contributed by atoms with Crippen molar-refractivity contribution in [1.29, 1.82) is 0 Å². The van der Waals surface area contributed by atoms with Crippen molar-refractivity contribution < 1.29 is 4.74 Å². The first-order chi connectivity index (χ1) is 12.1. The van der Waals surface area contributed by atoms with Gasteiger partial charge in [0, 0.05) is 5.56 Å². The summed E-state index contributed by atoms with van der Waals surface area (Å²) in [6, 6.07) is 15.5. The van der Waals surface area contributed by atoms with Crippen LogP contribution in [0.4, 0.5) is 0 Å². The predicted molar refractivity (Wildman–Crippen MR) is 99.1 cm³/mol. The van der Waals surface area contributed by atoms with Crippen molar-refractivity contribution in [3.05, 3.63) is 74.5 Å². The molecule has 0 bridgehead atoms. The van der Waals surface area contributed by atoms with Gasteiger partial charge in [0.1, 0.15) is 5.75 Å². The van der Waals surface area contributed by atoms with Crippen LogP contribution in [0.1, 0.15) is 11.1 Å². The summed E-state index contributed by atoms with van der Waals surface area (Å²) in [4.78, 5) is 17.7. The van der Waals surface area contributed by atoms with Crippen LogP contribution < -0.4 is 14.8 Å². The second-order valence-electron chi connectivity index (χ2n) is 5.68. The predicted octanol–water partition coefficient (Wildman–Crippen LogP) is 2.68. The van der Waals surface area contributed by atoms with E-state index >= 15 is 0 Å². The van der Waals surface area contributed by atoms with Crippen LogP contribution in [0.25, 0.3) is 22.4 Å². The molecule has 0 spiro atoms. The molecule has 0 atom stereocenters. The number of hydrogen-bond donors (Lipinski definition) is 0. The Morgan fingerprint density at radius 3 is 2.44 bits per heavy atom. The first kappa shape index (κ1) is 15.5. The fraction of sp³-hybridized carbons (Fsp3) is 0.105. The third-order valence-electron chi connectivity index (χ3n) is 3.91. The Kier molecular flexibility index (Phi) is 3.82. The maximum absolute atomic E-state index is 12.6. The number of hydrogen-bond acceptors (Lipinski definition) is 5. The molecule has 0 N–H and O–H groups in total. The molecule has 0 amide bonds. The topological polar surface area (TPSA) is 56.5 Å². The molecular formula is C19H15N3O2S. The van der Waals surface area contributed by atoms with E-state index in [0.717, 1.165) is 16.9 Å². The van der Waals surface area contributed by atoms with E-state index in [1.54, 1.807) is 7.11 Å². The summed E-state index contributed by atoms with van der Waals surface area (Å²) < 4.78 is 7.12. The molecule has 0 aliphatic rings. The standard InChI is InChI=1S/C19H15N3O2S/c1-12-3-7-14(8-4-12)17-20-19-22(21-17)18(23)16(25-19)11-13-5-9-15(24-2)10-6-13/h3-11H,1-2H3. The van der Waals surface area contributed by atoms with E-state index in [-0.39, 0.29) is 5.56 Å². The first-order valence-corrected chi connectivity index (χ1v) is 8.58. The second kappa shape index (κ2) is 6.14. The van der Waals surface area contributed by atoms with Crippen molar-refractivity contribution >= 4 is 22.4 Å². The summed E-state index contributed by atoms with van der Waals surface area (Å²) in [5, 5.41) is 4.37. The van der Waals surface area contributed by atoms with Gasteiger partial charge in [-0.2, -0.15) is 9.50 Å². The number of thiazole rings is 1. The molecule has 5 nitrogen and oxygen atoms in total. The van der Waals surface area contributed by atoms with Crippen LogP contribution in [-0.2, 0) is 0 Å². The number of methoxy groups -OCH3 is 1. The number of ether oxygens (including phenoxy) is 1. The van der Waals surface area contributed by atoms with Crippen LogP contribution in [-0.4, -0.2) is 21.7 Å². The molecule has 0 aliphatic heterocycles. The van der Waals surface area contributed by atoms with Crippen LogP contribution in [0.5, 0.6) is 5.75 Å². The van der Waals surface area contributed by atoms with Crippen LogP contribution >= 0.6 is 11.3 Å². The number of nitrogens with zero attached hydrogens (tertiary/aromatic N) is 3. The lowest BCUT2D eigenvalue weighted by atomic mass is 10.1. The van der Waals surface area contributed by atoms with Crippen molar-refractivity contribution in [1.82, 2.24) is 14.6 Å². The Bertz CT molecular complexity index is 1140. The molecule has 2 aromatic carbocycles. The van der Waals surface area contributed by atoms with E-state index in [2.05, 4.69) is 10.1 Å². The zero-order valence-corrected chi connectivity index (χ0v) is 14.6. The van der Waals surface area contributed by atoms with Crippen LogP contribution in [0.3, 0.4) is 0 Å².